The maximum Gasteiger partial charge on any atom is 0.200 e. The van der Waals surface area contributed by atoms with Gasteiger partial charge in [-0.05, 0) is 36.1 Å². The molecule has 1 aromatic heterocycles. The van der Waals surface area contributed by atoms with Gasteiger partial charge >= 0.3 is 0 Å². The molecular weight excluding hydrogens is 305 g/mol. The largest absolute Gasteiger partial charge is 0.491 e. The third-order valence-electron chi connectivity index (χ3n) is 4.08. The van der Waals surface area contributed by atoms with E-state index in [1.54, 1.807) is 12.3 Å². The molecule has 0 aliphatic heterocycles. The topological polar surface area (TPSA) is 42.1 Å². The monoisotopic (exact) mass is 325 g/mol. The van der Waals surface area contributed by atoms with Crippen LogP contribution < -0.4 is 10.2 Å². The number of benzene rings is 2. The Morgan fingerprint density at radius 3 is 2.50 bits per heavy atom. The molecule has 0 spiro atoms. The Hall–Kier alpha value is -2.62. The molecule has 0 unspecified atom stereocenters. The second kappa shape index (κ2) is 6.87. The van der Waals surface area contributed by atoms with E-state index in [1.807, 2.05) is 31.2 Å². The fourth-order valence-corrected chi connectivity index (χ4v) is 2.73. The molecule has 1 heterocycles. The van der Waals surface area contributed by atoms with Crippen molar-refractivity contribution >= 4 is 10.9 Å². The summed E-state index contributed by atoms with van der Waals surface area (Å²) in [6, 6.07) is 10.6. The molecule has 0 bridgehead atoms. The lowest BCUT2D eigenvalue weighted by molar-refractivity contribution is 0.320. The molecule has 0 radical (unpaired) electrons. The van der Waals surface area contributed by atoms with Crippen LogP contribution in [0, 0.1) is 5.82 Å². The number of pyridine rings is 1. The minimum Gasteiger partial charge on any atom is -0.491 e. The molecular formula is C20H20FNO2. The van der Waals surface area contributed by atoms with Crippen molar-refractivity contribution in [3.05, 3.63) is 64.2 Å². The molecule has 3 nitrogen and oxygen atoms in total. The average Bonchev–Trinajstić information content (AvgIpc) is 2.61. The van der Waals surface area contributed by atoms with E-state index >= 15 is 0 Å². The molecule has 2 aromatic carbocycles. The number of aromatic nitrogens is 1. The van der Waals surface area contributed by atoms with Crippen LogP contribution in [0.1, 0.15) is 25.8 Å². The Balaban J connectivity index is 2.16. The van der Waals surface area contributed by atoms with Crippen molar-refractivity contribution in [3.8, 4) is 16.9 Å². The number of hydrogen-bond donors (Lipinski definition) is 1. The Labute approximate surface area is 140 Å². The predicted molar refractivity (Wildman–Crippen MR) is 95.1 cm³/mol. The second-order valence-corrected chi connectivity index (χ2v) is 5.73. The standard InChI is InChI=1S/C20H20FNO2/c1-3-11-24-17-10-9-16(21)18-19(17)22-12-15(20(18)23)14-7-5-13(4-2)6-8-14/h5-10,12H,3-4,11H2,1-2H3,(H,22,23). The average molecular weight is 325 g/mol. The van der Waals surface area contributed by atoms with Crippen molar-refractivity contribution < 1.29 is 9.13 Å². The van der Waals surface area contributed by atoms with Crippen LogP contribution in [0.25, 0.3) is 22.0 Å². The number of ether oxygens (including phenoxy) is 1. The lowest BCUT2D eigenvalue weighted by Crippen LogP contribution is -2.09. The zero-order chi connectivity index (χ0) is 17.1. The van der Waals surface area contributed by atoms with Crippen LogP contribution in [-0.2, 0) is 6.42 Å². The summed E-state index contributed by atoms with van der Waals surface area (Å²) in [5.41, 5.74) is 2.50. The molecule has 124 valence electrons. The normalized spacial score (nSPS) is 11.0. The molecule has 0 aliphatic carbocycles. The van der Waals surface area contributed by atoms with Crippen molar-refractivity contribution in [1.82, 2.24) is 4.98 Å². The highest BCUT2D eigenvalue weighted by Gasteiger charge is 2.14. The Morgan fingerprint density at radius 1 is 1.08 bits per heavy atom. The van der Waals surface area contributed by atoms with E-state index in [4.69, 9.17) is 4.74 Å². The molecule has 24 heavy (non-hydrogen) atoms. The number of aromatic amines is 1. The maximum atomic E-state index is 14.3. The highest BCUT2D eigenvalue weighted by atomic mass is 19.1. The van der Waals surface area contributed by atoms with Gasteiger partial charge in [0.2, 0.25) is 0 Å². The van der Waals surface area contributed by atoms with Gasteiger partial charge in [-0.15, -0.1) is 0 Å². The number of aryl methyl sites for hydroxylation is 1. The van der Waals surface area contributed by atoms with Crippen LogP contribution in [0.3, 0.4) is 0 Å². The third-order valence-corrected chi connectivity index (χ3v) is 4.08. The quantitative estimate of drug-likeness (QED) is 0.740. The van der Waals surface area contributed by atoms with E-state index in [1.165, 1.54) is 11.6 Å². The number of rotatable bonds is 5. The Morgan fingerprint density at radius 2 is 1.83 bits per heavy atom. The van der Waals surface area contributed by atoms with E-state index < -0.39 is 5.82 Å². The summed E-state index contributed by atoms with van der Waals surface area (Å²) in [5.74, 6) is -0.0413. The van der Waals surface area contributed by atoms with Crippen LogP contribution in [-0.4, -0.2) is 11.6 Å². The van der Waals surface area contributed by atoms with Crippen LogP contribution >= 0.6 is 0 Å². The lowest BCUT2D eigenvalue weighted by Gasteiger charge is -2.10. The van der Waals surface area contributed by atoms with Crippen LogP contribution in [0.4, 0.5) is 4.39 Å². The van der Waals surface area contributed by atoms with E-state index in [0.29, 0.717) is 23.4 Å². The SMILES string of the molecule is CCCOc1ccc(F)c2c(=O)c(-c3ccc(CC)cc3)c[nH]c12. The zero-order valence-corrected chi connectivity index (χ0v) is 13.9. The second-order valence-electron chi connectivity index (χ2n) is 5.73. The van der Waals surface area contributed by atoms with Crippen LogP contribution in [0.5, 0.6) is 5.75 Å². The Bertz CT molecular complexity index is 913. The van der Waals surface area contributed by atoms with Gasteiger partial charge < -0.3 is 9.72 Å². The number of H-pyrrole nitrogens is 1. The molecule has 3 aromatic rings. The van der Waals surface area contributed by atoms with Crippen molar-refractivity contribution in [2.45, 2.75) is 26.7 Å². The molecule has 1 N–H and O–H groups in total. The molecule has 0 saturated carbocycles. The van der Waals surface area contributed by atoms with Gasteiger partial charge in [0.25, 0.3) is 0 Å². The van der Waals surface area contributed by atoms with Gasteiger partial charge in [-0.25, -0.2) is 4.39 Å². The summed E-state index contributed by atoms with van der Waals surface area (Å²) in [5, 5.41) is 0.0423. The summed E-state index contributed by atoms with van der Waals surface area (Å²) in [6.07, 6.45) is 3.40. The first kappa shape index (κ1) is 16.2. The number of halogens is 1. The van der Waals surface area contributed by atoms with Gasteiger partial charge in [0.15, 0.2) is 5.43 Å². The van der Waals surface area contributed by atoms with Gasteiger partial charge in [-0.2, -0.15) is 0 Å². The maximum absolute atomic E-state index is 14.3. The van der Waals surface area contributed by atoms with E-state index in [2.05, 4.69) is 11.9 Å². The fraction of sp³-hybridized carbons (Fsp3) is 0.250. The van der Waals surface area contributed by atoms with Gasteiger partial charge in [0.05, 0.1) is 17.5 Å². The molecule has 3 rings (SSSR count). The summed E-state index contributed by atoms with van der Waals surface area (Å²) < 4.78 is 19.9. The minimum absolute atomic E-state index is 0.0423. The zero-order valence-electron chi connectivity index (χ0n) is 13.9. The predicted octanol–water partition coefficient (Wildman–Crippen LogP) is 4.69. The van der Waals surface area contributed by atoms with Crippen molar-refractivity contribution in [2.75, 3.05) is 6.61 Å². The molecule has 0 amide bonds. The molecule has 0 atom stereocenters. The van der Waals surface area contributed by atoms with Gasteiger partial charge in [0.1, 0.15) is 11.6 Å². The smallest absolute Gasteiger partial charge is 0.200 e. The first-order valence-electron chi connectivity index (χ1n) is 8.21. The number of hydrogen-bond acceptors (Lipinski definition) is 2. The highest BCUT2D eigenvalue weighted by Crippen LogP contribution is 2.26. The van der Waals surface area contributed by atoms with Gasteiger partial charge in [-0.3, -0.25) is 4.79 Å². The molecule has 0 fully saturated rings. The molecule has 0 saturated heterocycles. The van der Waals surface area contributed by atoms with Crippen LogP contribution in [0.15, 0.2) is 47.4 Å². The molecule has 4 heteroatoms. The summed E-state index contributed by atoms with van der Waals surface area (Å²) >= 11 is 0. The molecule has 0 aliphatic rings. The minimum atomic E-state index is -0.540. The first-order chi connectivity index (χ1) is 11.7. The van der Waals surface area contributed by atoms with Crippen molar-refractivity contribution in [1.29, 1.82) is 0 Å². The van der Waals surface area contributed by atoms with E-state index in [0.717, 1.165) is 18.4 Å². The van der Waals surface area contributed by atoms with E-state index in [-0.39, 0.29) is 10.8 Å². The fourth-order valence-electron chi connectivity index (χ4n) is 2.73. The van der Waals surface area contributed by atoms with Crippen LogP contribution in [0.2, 0.25) is 0 Å². The van der Waals surface area contributed by atoms with Crippen molar-refractivity contribution in [2.24, 2.45) is 0 Å². The third kappa shape index (κ3) is 2.92. The van der Waals surface area contributed by atoms with E-state index in [9.17, 15) is 9.18 Å². The summed E-state index contributed by atoms with van der Waals surface area (Å²) in [4.78, 5) is 15.9. The van der Waals surface area contributed by atoms with Gasteiger partial charge in [0, 0.05) is 11.8 Å². The summed E-state index contributed by atoms with van der Waals surface area (Å²) in [6.45, 7) is 4.58. The lowest BCUT2D eigenvalue weighted by atomic mass is 10.0. The Kier molecular flexibility index (Phi) is 4.65. The number of nitrogens with one attached hydrogen (secondary N) is 1. The summed E-state index contributed by atoms with van der Waals surface area (Å²) in [7, 11) is 0. The van der Waals surface area contributed by atoms with Gasteiger partial charge in [-0.1, -0.05) is 38.1 Å². The highest BCUT2D eigenvalue weighted by molar-refractivity contribution is 5.88. The van der Waals surface area contributed by atoms with Crippen molar-refractivity contribution in [3.63, 3.8) is 0 Å². The number of fused-ring (bicyclic) bond motifs is 1. The first-order valence-corrected chi connectivity index (χ1v) is 8.21.